The molecular formula is C15H14F6N4O2. The Kier molecular flexibility index (Phi) is 5.40. The highest BCUT2D eigenvalue weighted by atomic mass is 19.4. The van der Waals surface area contributed by atoms with Crippen LogP contribution in [0.4, 0.5) is 32.2 Å². The number of anilines is 1. The minimum absolute atomic E-state index is 0.0956. The van der Waals surface area contributed by atoms with E-state index in [0.29, 0.717) is 0 Å². The number of nitrogens with zero attached hydrogens (tertiary/aromatic N) is 3. The van der Waals surface area contributed by atoms with Crippen molar-refractivity contribution in [1.29, 1.82) is 0 Å². The maximum absolute atomic E-state index is 12.9. The van der Waals surface area contributed by atoms with Gasteiger partial charge < -0.3 is 20.1 Å². The van der Waals surface area contributed by atoms with Crippen LogP contribution in [0.3, 0.4) is 0 Å². The fourth-order valence-electron chi connectivity index (χ4n) is 2.10. The Bertz CT molecular complexity index is 844. The standard InChI is InChI=1S/C15H14F6N4O2/c1-3-7(2)25-6-9(24-13(25)11(26)14(16,17)18)8-4-10(12(22)23-5-8)27-15(19,20)21/h4-6,11,26H,2-3H2,1H3,(H2,22,23). The van der Waals surface area contributed by atoms with E-state index in [-0.39, 0.29) is 23.4 Å². The van der Waals surface area contributed by atoms with Crippen LogP contribution in [0.5, 0.6) is 5.75 Å². The van der Waals surface area contributed by atoms with Gasteiger partial charge in [-0.05, 0) is 12.5 Å². The van der Waals surface area contributed by atoms with Gasteiger partial charge in [0.05, 0.1) is 5.69 Å². The molecule has 0 fully saturated rings. The molecule has 0 radical (unpaired) electrons. The molecule has 3 N–H and O–H groups in total. The highest BCUT2D eigenvalue weighted by Gasteiger charge is 2.42. The summed E-state index contributed by atoms with van der Waals surface area (Å²) in [6, 6.07) is 0.834. The second kappa shape index (κ2) is 7.10. The van der Waals surface area contributed by atoms with Crippen molar-refractivity contribution < 1.29 is 36.2 Å². The van der Waals surface area contributed by atoms with E-state index in [1.165, 1.54) is 0 Å². The second-order valence-electron chi connectivity index (χ2n) is 5.37. The van der Waals surface area contributed by atoms with Crippen LogP contribution in [0, 0.1) is 0 Å². The molecule has 1 unspecified atom stereocenters. The summed E-state index contributed by atoms with van der Waals surface area (Å²) in [5.74, 6) is -2.18. The maximum atomic E-state index is 12.9. The monoisotopic (exact) mass is 396 g/mol. The van der Waals surface area contributed by atoms with Crippen molar-refractivity contribution in [1.82, 2.24) is 14.5 Å². The molecule has 2 aromatic rings. The van der Waals surface area contributed by atoms with Crippen LogP contribution < -0.4 is 10.5 Å². The molecule has 2 heterocycles. The summed E-state index contributed by atoms with van der Waals surface area (Å²) in [7, 11) is 0. The van der Waals surface area contributed by atoms with Crippen molar-refractivity contribution in [2.45, 2.75) is 32.0 Å². The number of allylic oxidation sites excluding steroid dienone is 1. The average Bonchev–Trinajstić information content (AvgIpc) is 2.98. The number of nitrogen functional groups attached to an aromatic ring is 1. The number of halogens is 6. The molecule has 6 nitrogen and oxygen atoms in total. The number of pyridine rings is 1. The smallest absolute Gasteiger partial charge is 0.402 e. The number of ether oxygens (including phenoxy) is 1. The number of hydrogen-bond donors (Lipinski definition) is 2. The van der Waals surface area contributed by atoms with Crippen molar-refractivity contribution >= 4 is 11.5 Å². The molecule has 0 aliphatic heterocycles. The van der Waals surface area contributed by atoms with Crippen molar-refractivity contribution in [2.24, 2.45) is 0 Å². The third kappa shape index (κ3) is 4.70. The molecule has 0 aliphatic carbocycles. The topological polar surface area (TPSA) is 86.2 Å². The summed E-state index contributed by atoms with van der Waals surface area (Å²) >= 11 is 0. The van der Waals surface area contributed by atoms with E-state index in [2.05, 4.69) is 21.3 Å². The van der Waals surface area contributed by atoms with Crippen LogP contribution in [0.2, 0.25) is 0 Å². The molecule has 0 saturated heterocycles. The third-order valence-electron chi connectivity index (χ3n) is 3.44. The fourth-order valence-corrected chi connectivity index (χ4v) is 2.10. The Labute approximate surface area is 148 Å². The van der Waals surface area contributed by atoms with Crippen LogP contribution >= 0.6 is 0 Å². The molecule has 0 aromatic carbocycles. The molecule has 2 aromatic heterocycles. The first-order valence-corrected chi connectivity index (χ1v) is 7.37. The van der Waals surface area contributed by atoms with E-state index in [4.69, 9.17) is 5.73 Å². The van der Waals surface area contributed by atoms with Crippen LogP contribution in [-0.2, 0) is 0 Å². The second-order valence-corrected chi connectivity index (χ2v) is 5.37. The van der Waals surface area contributed by atoms with Gasteiger partial charge in [-0.2, -0.15) is 13.2 Å². The van der Waals surface area contributed by atoms with Crippen LogP contribution in [0.15, 0.2) is 25.0 Å². The van der Waals surface area contributed by atoms with E-state index in [0.717, 1.165) is 23.0 Å². The molecule has 12 heteroatoms. The predicted molar refractivity (Wildman–Crippen MR) is 83.2 cm³/mol. The van der Waals surface area contributed by atoms with Crippen molar-refractivity contribution in [3.63, 3.8) is 0 Å². The Morgan fingerprint density at radius 3 is 2.48 bits per heavy atom. The quantitative estimate of drug-likeness (QED) is 0.749. The van der Waals surface area contributed by atoms with E-state index in [9.17, 15) is 31.4 Å². The number of alkyl halides is 6. The molecule has 0 amide bonds. The van der Waals surface area contributed by atoms with Gasteiger partial charge >= 0.3 is 12.5 Å². The average molecular weight is 396 g/mol. The minimum Gasteiger partial charge on any atom is -0.402 e. The largest absolute Gasteiger partial charge is 0.573 e. The van der Waals surface area contributed by atoms with E-state index in [1.54, 1.807) is 6.92 Å². The Hall–Kier alpha value is -2.76. The summed E-state index contributed by atoms with van der Waals surface area (Å²) < 4.78 is 80.6. The number of nitrogens with two attached hydrogens (primary N) is 1. The van der Waals surface area contributed by atoms with E-state index < -0.39 is 36.0 Å². The Morgan fingerprint density at radius 1 is 1.33 bits per heavy atom. The molecule has 0 aliphatic rings. The lowest BCUT2D eigenvalue weighted by molar-refractivity contribution is -0.274. The number of aliphatic hydroxyl groups excluding tert-OH is 1. The number of aliphatic hydroxyl groups is 1. The maximum Gasteiger partial charge on any atom is 0.573 e. The van der Waals surface area contributed by atoms with Gasteiger partial charge in [0.2, 0.25) is 6.10 Å². The van der Waals surface area contributed by atoms with Crippen LogP contribution in [0.25, 0.3) is 17.0 Å². The van der Waals surface area contributed by atoms with Crippen LogP contribution in [0.1, 0.15) is 25.3 Å². The van der Waals surface area contributed by atoms with Gasteiger partial charge in [0.15, 0.2) is 17.4 Å². The number of hydrogen-bond acceptors (Lipinski definition) is 5. The molecule has 148 valence electrons. The van der Waals surface area contributed by atoms with E-state index >= 15 is 0 Å². The molecule has 1 atom stereocenters. The Balaban J connectivity index is 2.55. The van der Waals surface area contributed by atoms with Crippen molar-refractivity contribution in [3.05, 3.63) is 30.9 Å². The SMILES string of the molecule is C=C(CC)n1cc(-c2cnc(N)c(OC(F)(F)F)c2)nc1C(O)C(F)(F)F. The van der Waals surface area contributed by atoms with Gasteiger partial charge in [-0.25, -0.2) is 9.97 Å². The number of imidazole rings is 1. The summed E-state index contributed by atoms with van der Waals surface area (Å²) in [5, 5.41) is 9.54. The zero-order valence-electron chi connectivity index (χ0n) is 13.8. The van der Waals surface area contributed by atoms with Crippen molar-refractivity contribution in [3.8, 4) is 17.0 Å². The third-order valence-corrected chi connectivity index (χ3v) is 3.44. The highest BCUT2D eigenvalue weighted by molar-refractivity contribution is 5.65. The molecule has 0 spiro atoms. The minimum atomic E-state index is -5.04. The molecular weight excluding hydrogens is 382 g/mol. The summed E-state index contributed by atoms with van der Waals surface area (Å²) in [6.45, 7) is 5.21. The zero-order valence-corrected chi connectivity index (χ0v) is 13.8. The highest BCUT2D eigenvalue weighted by Crippen LogP contribution is 2.36. The molecule has 27 heavy (non-hydrogen) atoms. The Morgan fingerprint density at radius 2 is 1.96 bits per heavy atom. The van der Waals surface area contributed by atoms with E-state index in [1.807, 2.05) is 0 Å². The summed E-state index contributed by atoms with van der Waals surface area (Å²) in [4.78, 5) is 7.23. The fraction of sp³-hybridized carbons (Fsp3) is 0.333. The summed E-state index contributed by atoms with van der Waals surface area (Å²) in [6.07, 6.45) is -10.6. The molecule has 0 saturated carbocycles. The van der Waals surface area contributed by atoms with Gasteiger partial charge in [-0.3, -0.25) is 0 Å². The first-order chi connectivity index (χ1) is 12.3. The van der Waals surface area contributed by atoms with Gasteiger partial charge in [0, 0.05) is 23.7 Å². The number of rotatable bonds is 5. The summed E-state index contributed by atoms with van der Waals surface area (Å²) in [5.41, 5.74) is 5.23. The zero-order chi connectivity index (χ0) is 20.6. The molecule has 2 rings (SSSR count). The van der Waals surface area contributed by atoms with Crippen LogP contribution in [-0.4, -0.2) is 32.2 Å². The molecule has 0 bridgehead atoms. The normalized spacial score (nSPS) is 13.5. The first-order valence-electron chi connectivity index (χ1n) is 7.37. The van der Waals surface area contributed by atoms with Gasteiger partial charge in [0.25, 0.3) is 0 Å². The van der Waals surface area contributed by atoms with Gasteiger partial charge in [-0.15, -0.1) is 13.2 Å². The van der Waals surface area contributed by atoms with Crippen molar-refractivity contribution in [2.75, 3.05) is 5.73 Å². The predicted octanol–water partition coefficient (Wildman–Crippen LogP) is 3.90. The lowest BCUT2D eigenvalue weighted by atomic mass is 10.2. The lowest BCUT2D eigenvalue weighted by Crippen LogP contribution is -2.23. The first kappa shape index (κ1) is 20.6. The number of aromatic nitrogens is 3. The lowest BCUT2D eigenvalue weighted by Gasteiger charge is -2.16. The van der Waals surface area contributed by atoms with Gasteiger partial charge in [-0.1, -0.05) is 13.5 Å². The van der Waals surface area contributed by atoms with Gasteiger partial charge in [0.1, 0.15) is 0 Å².